The van der Waals surface area contributed by atoms with Gasteiger partial charge in [0.05, 0.1) is 12.1 Å². The first-order valence-electron chi connectivity index (χ1n) is 8.97. The fourth-order valence-corrected chi connectivity index (χ4v) is 2.93. The van der Waals surface area contributed by atoms with Gasteiger partial charge in [0.15, 0.2) is 5.69 Å². The Labute approximate surface area is 165 Å². The molecule has 2 N–H and O–H groups in total. The molecule has 156 valence electrons. The molecule has 0 spiro atoms. The molecule has 1 aromatic carbocycles. The van der Waals surface area contributed by atoms with Crippen LogP contribution in [0.4, 0.5) is 23.7 Å². The first-order valence-corrected chi connectivity index (χ1v) is 8.97. The molecule has 2 heterocycles. The summed E-state index contributed by atoms with van der Waals surface area (Å²) in [6.07, 6.45) is -4.56. The number of rotatable bonds is 2. The van der Waals surface area contributed by atoms with E-state index in [1.165, 1.54) is 17.0 Å². The standard InChI is InChI=1S/C19H21F3N4O3/c1-18(2,3)29-17(28)26-8-7-14-13(10-26)15(25-24-14)16(27)23-12-6-4-5-11(9-12)19(20,21)22/h4-6,9H,7-8,10H2,1-3H3,(H,23,27)(H,24,25). The van der Waals surface area contributed by atoms with Crippen molar-refractivity contribution in [1.82, 2.24) is 15.1 Å². The number of alkyl halides is 3. The van der Waals surface area contributed by atoms with Crippen molar-refractivity contribution in [2.75, 3.05) is 11.9 Å². The quantitative estimate of drug-likeness (QED) is 0.784. The molecule has 0 unspecified atom stereocenters. The van der Waals surface area contributed by atoms with E-state index in [4.69, 9.17) is 4.74 Å². The number of hydrogen-bond acceptors (Lipinski definition) is 4. The molecular formula is C19H21F3N4O3. The normalized spacial score (nSPS) is 14.3. The Morgan fingerprint density at radius 2 is 1.97 bits per heavy atom. The molecule has 0 saturated heterocycles. The minimum absolute atomic E-state index is 0.00128. The molecule has 7 nitrogen and oxygen atoms in total. The Hall–Kier alpha value is -3.04. The van der Waals surface area contributed by atoms with Crippen molar-refractivity contribution in [1.29, 1.82) is 0 Å². The predicted octanol–water partition coefficient (Wildman–Crippen LogP) is 3.97. The highest BCUT2D eigenvalue weighted by molar-refractivity contribution is 6.04. The highest BCUT2D eigenvalue weighted by Gasteiger charge is 2.32. The van der Waals surface area contributed by atoms with Crippen LogP contribution in [0.3, 0.4) is 0 Å². The van der Waals surface area contributed by atoms with Gasteiger partial charge in [0.1, 0.15) is 5.60 Å². The van der Waals surface area contributed by atoms with Crippen molar-refractivity contribution in [2.45, 2.75) is 45.5 Å². The van der Waals surface area contributed by atoms with Crippen molar-refractivity contribution in [3.8, 4) is 0 Å². The minimum atomic E-state index is -4.51. The van der Waals surface area contributed by atoms with Gasteiger partial charge in [-0.05, 0) is 39.0 Å². The molecule has 1 aliphatic heterocycles. The molecule has 10 heteroatoms. The van der Waals surface area contributed by atoms with Crippen LogP contribution < -0.4 is 5.32 Å². The lowest BCUT2D eigenvalue weighted by Gasteiger charge is -2.30. The molecule has 0 aliphatic carbocycles. The summed E-state index contributed by atoms with van der Waals surface area (Å²) in [5, 5.41) is 9.20. The molecule has 2 amide bonds. The number of aromatic amines is 1. The number of benzene rings is 1. The van der Waals surface area contributed by atoms with E-state index >= 15 is 0 Å². The summed E-state index contributed by atoms with van der Waals surface area (Å²) in [7, 11) is 0. The molecule has 1 aromatic heterocycles. The minimum Gasteiger partial charge on any atom is -0.444 e. The summed E-state index contributed by atoms with van der Waals surface area (Å²) in [5.41, 5.74) is -0.259. The second kappa shape index (κ2) is 7.41. The van der Waals surface area contributed by atoms with Gasteiger partial charge in [0.25, 0.3) is 5.91 Å². The van der Waals surface area contributed by atoms with E-state index in [9.17, 15) is 22.8 Å². The van der Waals surface area contributed by atoms with Gasteiger partial charge >= 0.3 is 12.3 Å². The summed E-state index contributed by atoms with van der Waals surface area (Å²) < 4.78 is 43.9. The fraction of sp³-hybridized carbons (Fsp3) is 0.421. The maximum absolute atomic E-state index is 12.9. The van der Waals surface area contributed by atoms with Crippen LogP contribution in [0.5, 0.6) is 0 Å². The van der Waals surface area contributed by atoms with Crippen molar-refractivity contribution in [2.24, 2.45) is 0 Å². The number of amides is 2. The van der Waals surface area contributed by atoms with E-state index in [1.54, 1.807) is 20.8 Å². The molecule has 0 saturated carbocycles. The third-order valence-corrected chi connectivity index (χ3v) is 4.25. The summed E-state index contributed by atoms with van der Waals surface area (Å²) in [4.78, 5) is 26.4. The maximum Gasteiger partial charge on any atom is 0.416 e. The molecular weight excluding hydrogens is 389 g/mol. The van der Waals surface area contributed by atoms with Gasteiger partial charge in [-0.25, -0.2) is 4.79 Å². The Morgan fingerprint density at radius 1 is 1.24 bits per heavy atom. The van der Waals surface area contributed by atoms with Gasteiger partial charge < -0.3 is 15.0 Å². The van der Waals surface area contributed by atoms with E-state index in [1.807, 2.05) is 0 Å². The van der Waals surface area contributed by atoms with Crippen LogP contribution in [0.2, 0.25) is 0 Å². The molecule has 3 rings (SSSR count). The van der Waals surface area contributed by atoms with Gasteiger partial charge in [0.2, 0.25) is 0 Å². The third kappa shape index (κ3) is 4.87. The van der Waals surface area contributed by atoms with E-state index in [0.717, 1.165) is 12.1 Å². The number of aromatic nitrogens is 2. The Kier molecular flexibility index (Phi) is 5.29. The topological polar surface area (TPSA) is 87.3 Å². The Bertz CT molecular complexity index is 932. The largest absolute Gasteiger partial charge is 0.444 e. The maximum atomic E-state index is 12.9. The number of fused-ring (bicyclic) bond motifs is 1. The number of carbonyl (C=O) groups is 2. The molecule has 0 bridgehead atoms. The van der Waals surface area contributed by atoms with Crippen molar-refractivity contribution < 1.29 is 27.5 Å². The number of nitrogens with zero attached hydrogens (tertiary/aromatic N) is 2. The molecule has 1 aliphatic rings. The predicted molar refractivity (Wildman–Crippen MR) is 98.3 cm³/mol. The third-order valence-electron chi connectivity index (χ3n) is 4.25. The second-order valence-corrected chi connectivity index (χ2v) is 7.71. The van der Waals surface area contributed by atoms with Gasteiger partial charge in [-0.3, -0.25) is 9.89 Å². The molecule has 0 fully saturated rings. The van der Waals surface area contributed by atoms with Crippen molar-refractivity contribution in [3.05, 3.63) is 46.8 Å². The van der Waals surface area contributed by atoms with Crippen molar-refractivity contribution >= 4 is 17.7 Å². The number of anilines is 1. The zero-order valence-electron chi connectivity index (χ0n) is 16.2. The van der Waals surface area contributed by atoms with Gasteiger partial charge in [0, 0.05) is 29.9 Å². The summed E-state index contributed by atoms with van der Waals surface area (Å²) in [5.74, 6) is -0.659. The lowest BCUT2D eigenvalue weighted by atomic mass is 10.1. The lowest BCUT2D eigenvalue weighted by Crippen LogP contribution is -2.40. The van der Waals surface area contributed by atoms with Crippen molar-refractivity contribution in [3.63, 3.8) is 0 Å². The average molecular weight is 410 g/mol. The van der Waals surface area contributed by atoms with Gasteiger partial charge in [-0.1, -0.05) is 6.07 Å². The Balaban J connectivity index is 1.76. The van der Waals surface area contributed by atoms with Crippen LogP contribution in [-0.2, 0) is 23.9 Å². The summed E-state index contributed by atoms with van der Waals surface area (Å²) in [6, 6.07) is 4.34. The van der Waals surface area contributed by atoms with Gasteiger partial charge in [-0.15, -0.1) is 0 Å². The smallest absolute Gasteiger partial charge is 0.416 e. The Morgan fingerprint density at radius 3 is 2.62 bits per heavy atom. The fourth-order valence-electron chi connectivity index (χ4n) is 2.93. The number of ether oxygens (including phenoxy) is 1. The number of carbonyl (C=O) groups excluding carboxylic acids is 2. The first kappa shape index (κ1) is 20.7. The number of halogens is 3. The zero-order chi connectivity index (χ0) is 21.4. The van der Waals surface area contributed by atoms with Crippen LogP contribution in [0.15, 0.2) is 24.3 Å². The first-order chi connectivity index (χ1) is 13.4. The summed E-state index contributed by atoms with van der Waals surface area (Å²) >= 11 is 0. The number of hydrogen-bond donors (Lipinski definition) is 2. The van der Waals surface area contributed by atoms with Crippen LogP contribution in [-0.4, -0.2) is 39.2 Å². The average Bonchev–Trinajstić information content (AvgIpc) is 3.03. The van der Waals surface area contributed by atoms with E-state index < -0.39 is 29.3 Å². The number of nitrogens with one attached hydrogen (secondary N) is 2. The molecule has 2 aromatic rings. The molecule has 29 heavy (non-hydrogen) atoms. The van der Waals surface area contributed by atoms with E-state index in [-0.39, 0.29) is 17.9 Å². The van der Waals surface area contributed by atoms with Crippen LogP contribution in [0.1, 0.15) is 48.1 Å². The van der Waals surface area contributed by atoms with Crippen LogP contribution >= 0.6 is 0 Å². The SMILES string of the molecule is CC(C)(C)OC(=O)N1CCc2[nH]nc(C(=O)Nc3cccc(C(F)(F)F)c3)c2C1. The molecule has 0 atom stereocenters. The monoisotopic (exact) mass is 410 g/mol. The van der Waals surface area contributed by atoms with Gasteiger partial charge in [-0.2, -0.15) is 18.3 Å². The lowest BCUT2D eigenvalue weighted by molar-refractivity contribution is -0.137. The van der Waals surface area contributed by atoms with E-state index in [2.05, 4.69) is 15.5 Å². The van der Waals surface area contributed by atoms with Crippen LogP contribution in [0, 0.1) is 0 Å². The van der Waals surface area contributed by atoms with Crippen LogP contribution in [0.25, 0.3) is 0 Å². The number of H-pyrrole nitrogens is 1. The highest BCUT2D eigenvalue weighted by Crippen LogP contribution is 2.31. The second-order valence-electron chi connectivity index (χ2n) is 7.71. The molecule has 0 radical (unpaired) electrons. The zero-order valence-corrected chi connectivity index (χ0v) is 16.2. The highest BCUT2D eigenvalue weighted by atomic mass is 19.4. The van der Waals surface area contributed by atoms with E-state index in [0.29, 0.717) is 24.2 Å². The summed E-state index contributed by atoms with van der Waals surface area (Å²) in [6.45, 7) is 5.79.